The molecule has 1 aromatic heterocycles. The van der Waals surface area contributed by atoms with E-state index in [9.17, 15) is 4.21 Å². The Morgan fingerprint density at radius 3 is 2.85 bits per heavy atom. The van der Waals surface area contributed by atoms with E-state index in [4.69, 9.17) is 17.3 Å². The van der Waals surface area contributed by atoms with Crippen LogP contribution in [0.1, 0.15) is 32.0 Å². The van der Waals surface area contributed by atoms with Crippen LogP contribution in [-0.4, -0.2) is 14.0 Å². The van der Waals surface area contributed by atoms with E-state index in [2.05, 4.69) is 18.9 Å². The van der Waals surface area contributed by atoms with Gasteiger partial charge in [-0.3, -0.25) is 8.89 Å². The second-order valence-electron chi connectivity index (χ2n) is 4.72. The number of rotatable bonds is 5. The first-order chi connectivity index (χ1) is 9.51. The average Bonchev–Trinajstić information content (AvgIpc) is 2.86. The van der Waals surface area contributed by atoms with Gasteiger partial charge in [-0.25, -0.2) is 0 Å². The highest BCUT2D eigenvalue weighted by molar-refractivity contribution is 7.84. The summed E-state index contributed by atoms with van der Waals surface area (Å²) in [5.41, 5.74) is 7.00. The Morgan fingerprint density at radius 1 is 1.45 bits per heavy atom. The van der Waals surface area contributed by atoms with Crippen LogP contribution < -0.4 is 5.73 Å². The summed E-state index contributed by atoms with van der Waals surface area (Å²) in [7, 11) is -1.22. The predicted molar refractivity (Wildman–Crippen MR) is 83.2 cm³/mol. The number of nitrogens with two attached hydrogens (primary N) is 1. The van der Waals surface area contributed by atoms with Crippen LogP contribution in [0, 0.1) is 0 Å². The van der Waals surface area contributed by atoms with Crippen molar-refractivity contribution in [3.8, 4) is 0 Å². The summed E-state index contributed by atoms with van der Waals surface area (Å²) >= 11 is 6.07. The maximum atomic E-state index is 12.3. The molecule has 2 aromatic rings. The first-order valence-electron chi connectivity index (χ1n) is 6.48. The number of halogens is 1. The molecule has 2 N–H and O–H groups in total. The van der Waals surface area contributed by atoms with E-state index in [0.29, 0.717) is 27.4 Å². The molecule has 0 aliphatic rings. The molecule has 2 rings (SSSR count). The maximum absolute atomic E-state index is 12.3. The van der Waals surface area contributed by atoms with Crippen molar-refractivity contribution in [1.29, 1.82) is 0 Å². The minimum atomic E-state index is -1.22. The zero-order chi connectivity index (χ0) is 14.7. The Morgan fingerprint density at radius 2 is 2.20 bits per heavy atom. The monoisotopic (exact) mass is 311 g/mol. The topological polar surface area (TPSA) is 60.9 Å². The molecule has 2 atom stereocenters. The molecule has 0 fully saturated rings. The van der Waals surface area contributed by atoms with Crippen molar-refractivity contribution in [3.63, 3.8) is 0 Å². The second-order valence-corrected chi connectivity index (χ2v) is 6.55. The second kappa shape index (κ2) is 6.41. The largest absolute Gasteiger partial charge is 0.399 e. The number of nitrogens with zero attached hydrogens (tertiary/aromatic N) is 2. The van der Waals surface area contributed by atoms with Crippen LogP contribution in [-0.2, 0) is 16.6 Å². The molecule has 2 unspecified atom stereocenters. The molecule has 0 bridgehead atoms. The summed E-state index contributed by atoms with van der Waals surface area (Å²) in [4.78, 5) is 0.596. The molecule has 0 saturated heterocycles. The smallest absolute Gasteiger partial charge is 0.0753 e. The van der Waals surface area contributed by atoms with Gasteiger partial charge < -0.3 is 5.73 Å². The molecule has 4 nitrogen and oxygen atoms in total. The fraction of sp³-hybridized carbons (Fsp3) is 0.357. The van der Waals surface area contributed by atoms with Crippen molar-refractivity contribution >= 4 is 28.1 Å². The molecule has 0 saturated carbocycles. The Kier molecular flexibility index (Phi) is 4.83. The molecule has 1 aromatic carbocycles. The van der Waals surface area contributed by atoms with Crippen LogP contribution in [0.3, 0.4) is 0 Å². The zero-order valence-corrected chi connectivity index (χ0v) is 13.1. The quantitative estimate of drug-likeness (QED) is 0.861. The summed E-state index contributed by atoms with van der Waals surface area (Å²) in [5, 5.41) is 4.88. The summed E-state index contributed by atoms with van der Waals surface area (Å²) in [5.74, 6) is 0.354. The minimum absolute atomic E-state index is 0.345. The number of nitrogen functional groups attached to an aromatic ring is 1. The lowest BCUT2D eigenvalue weighted by molar-refractivity contribution is 0.475. The van der Waals surface area contributed by atoms with E-state index in [1.165, 1.54) is 0 Å². The van der Waals surface area contributed by atoms with E-state index >= 15 is 0 Å². The molecule has 1 heterocycles. The van der Waals surface area contributed by atoms with Crippen molar-refractivity contribution in [3.05, 3.63) is 41.2 Å². The number of aromatic nitrogens is 2. The number of anilines is 1. The Labute approximate surface area is 126 Å². The molecule has 6 heteroatoms. The van der Waals surface area contributed by atoms with Crippen LogP contribution in [0.25, 0.3) is 0 Å². The van der Waals surface area contributed by atoms with Crippen LogP contribution >= 0.6 is 11.6 Å². The van der Waals surface area contributed by atoms with Gasteiger partial charge in [0, 0.05) is 17.9 Å². The average molecular weight is 312 g/mol. The lowest BCUT2D eigenvalue weighted by atomic mass is 10.3. The fourth-order valence-electron chi connectivity index (χ4n) is 1.80. The van der Waals surface area contributed by atoms with Crippen molar-refractivity contribution in [1.82, 2.24) is 9.78 Å². The van der Waals surface area contributed by atoms with Gasteiger partial charge in [-0.1, -0.05) is 18.5 Å². The molecule has 0 aliphatic carbocycles. The van der Waals surface area contributed by atoms with Gasteiger partial charge in [-0.05, 0) is 37.6 Å². The number of hydrogen-bond acceptors (Lipinski definition) is 3. The van der Waals surface area contributed by atoms with Crippen molar-refractivity contribution in [2.45, 2.75) is 37.0 Å². The third-order valence-electron chi connectivity index (χ3n) is 3.19. The van der Waals surface area contributed by atoms with Gasteiger partial charge in [0.25, 0.3) is 0 Å². The lowest BCUT2D eigenvalue weighted by Gasteiger charge is -2.08. The van der Waals surface area contributed by atoms with Crippen molar-refractivity contribution < 1.29 is 4.21 Å². The minimum Gasteiger partial charge on any atom is -0.399 e. The molecular formula is C14H18ClN3OS. The van der Waals surface area contributed by atoms with Crippen molar-refractivity contribution in [2.24, 2.45) is 0 Å². The van der Waals surface area contributed by atoms with Crippen LogP contribution in [0.4, 0.5) is 5.69 Å². The Bertz CT molecular complexity index is 627. The summed E-state index contributed by atoms with van der Waals surface area (Å²) in [6.45, 7) is 4.21. The molecule has 108 valence electrons. The summed E-state index contributed by atoms with van der Waals surface area (Å²) in [6, 6.07) is 7.27. The van der Waals surface area contributed by atoms with Gasteiger partial charge >= 0.3 is 0 Å². The van der Waals surface area contributed by atoms with E-state index in [1.54, 1.807) is 18.2 Å². The van der Waals surface area contributed by atoms with Crippen molar-refractivity contribution in [2.75, 3.05) is 5.73 Å². The van der Waals surface area contributed by atoms with E-state index in [1.807, 2.05) is 16.9 Å². The first kappa shape index (κ1) is 15.1. The van der Waals surface area contributed by atoms with Gasteiger partial charge in [0.2, 0.25) is 0 Å². The van der Waals surface area contributed by atoms with Gasteiger partial charge in [0.15, 0.2) is 0 Å². The number of benzene rings is 1. The highest BCUT2D eigenvalue weighted by atomic mass is 35.5. The third kappa shape index (κ3) is 3.41. The highest BCUT2D eigenvalue weighted by Crippen LogP contribution is 2.24. The first-order valence-corrected chi connectivity index (χ1v) is 8.18. The number of hydrogen-bond donors (Lipinski definition) is 1. The standard InChI is InChI=1S/C14H18ClN3OS/c1-3-10(2)18-7-6-12(17-18)9-20(19)14-5-4-11(16)8-13(14)15/h4-8,10H,3,9,16H2,1-2H3. The van der Waals surface area contributed by atoms with E-state index < -0.39 is 10.8 Å². The van der Waals surface area contributed by atoms with Crippen LogP contribution in [0.15, 0.2) is 35.4 Å². The Hall–Kier alpha value is -1.33. The normalized spacial score (nSPS) is 14.2. The molecule has 0 radical (unpaired) electrons. The van der Waals surface area contributed by atoms with Gasteiger partial charge in [0.1, 0.15) is 0 Å². The van der Waals surface area contributed by atoms with Gasteiger partial charge in [-0.15, -0.1) is 0 Å². The SMILES string of the molecule is CCC(C)n1ccc(CS(=O)c2ccc(N)cc2Cl)n1. The van der Waals surface area contributed by atoms with E-state index in [0.717, 1.165) is 12.1 Å². The third-order valence-corrected chi connectivity index (χ3v) is 5.02. The van der Waals surface area contributed by atoms with E-state index in [-0.39, 0.29) is 0 Å². The van der Waals surface area contributed by atoms with Gasteiger partial charge in [0.05, 0.1) is 32.2 Å². The fourth-order valence-corrected chi connectivity index (χ4v) is 3.32. The van der Waals surface area contributed by atoms with Crippen LogP contribution in [0.2, 0.25) is 5.02 Å². The molecular weight excluding hydrogens is 294 g/mol. The van der Waals surface area contributed by atoms with Crippen LogP contribution in [0.5, 0.6) is 0 Å². The Balaban J connectivity index is 2.13. The maximum Gasteiger partial charge on any atom is 0.0753 e. The summed E-state index contributed by atoms with van der Waals surface area (Å²) < 4.78 is 14.2. The van der Waals surface area contributed by atoms with Gasteiger partial charge in [-0.2, -0.15) is 5.10 Å². The highest BCUT2D eigenvalue weighted by Gasteiger charge is 2.12. The molecule has 20 heavy (non-hydrogen) atoms. The lowest BCUT2D eigenvalue weighted by Crippen LogP contribution is -2.06. The summed E-state index contributed by atoms with van der Waals surface area (Å²) in [6.07, 6.45) is 2.93. The molecule has 0 spiro atoms. The molecule has 0 amide bonds. The zero-order valence-electron chi connectivity index (χ0n) is 11.5. The molecule has 0 aliphatic heterocycles. The predicted octanol–water partition coefficient (Wildman–Crippen LogP) is 3.40.